The van der Waals surface area contributed by atoms with Gasteiger partial charge in [0.15, 0.2) is 5.13 Å². The summed E-state index contributed by atoms with van der Waals surface area (Å²) in [5.41, 5.74) is -0.688. The van der Waals surface area contributed by atoms with E-state index in [0.717, 1.165) is 21.1 Å². The fourth-order valence-corrected chi connectivity index (χ4v) is 6.37. The molecule has 3 aromatic rings. The number of thiazole rings is 1. The van der Waals surface area contributed by atoms with Crippen LogP contribution in [0, 0.1) is 0 Å². The largest absolute Gasteiger partial charge is 0.417 e. The van der Waals surface area contributed by atoms with E-state index in [2.05, 4.69) is 10.3 Å². The van der Waals surface area contributed by atoms with Gasteiger partial charge in [-0.2, -0.15) is 17.5 Å². The Morgan fingerprint density at radius 3 is 2.68 bits per heavy atom. The van der Waals surface area contributed by atoms with Gasteiger partial charge in [-0.3, -0.25) is 4.79 Å². The number of carbonyl (C=O) groups excluding carboxylic acids is 1. The van der Waals surface area contributed by atoms with Crippen molar-refractivity contribution >= 4 is 54.2 Å². The molecule has 0 spiro atoms. The maximum absolute atomic E-state index is 13.5. The SMILES string of the molecule is O=C(Nc1nc2ccccc2s1)C1CCCN1S(=O)(=O)c1ccc(Cl)cc1C(F)(F)F. The van der Waals surface area contributed by atoms with Crippen LogP contribution in [0.15, 0.2) is 47.4 Å². The highest BCUT2D eigenvalue weighted by atomic mass is 35.5. The Balaban J connectivity index is 1.64. The Kier molecular flexibility index (Phi) is 5.71. The summed E-state index contributed by atoms with van der Waals surface area (Å²) in [5.74, 6) is -0.636. The molecule has 0 saturated carbocycles. The summed E-state index contributed by atoms with van der Waals surface area (Å²) >= 11 is 6.88. The summed E-state index contributed by atoms with van der Waals surface area (Å²) in [6, 6.07) is 8.54. The van der Waals surface area contributed by atoms with Gasteiger partial charge < -0.3 is 5.32 Å². The fraction of sp³-hybridized carbons (Fsp3) is 0.263. The number of alkyl halides is 3. The number of amides is 1. The number of nitrogens with zero attached hydrogens (tertiary/aromatic N) is 2. The third-order valence-corrected chi connectivity index (χ3v) is 8.02. The summed E-state index contributed by atoms with van der Waals surface area (Å²) in [6.07, 6.45) is -4.40. The molecule has 1 saturated heterocycles. The minimum absolute atomic E-state index is 0.0693. The van der Waals surface area contributed by atoms with Crippen molar-refractivity contribution in [3.8, 4) is 0 Å². The number of carbonyl (C=O) groups is 1. The number of aromatic nitrogens is 1. The van der Waals surface area contributed by atoms with Gasteiger partial charge in [0.05, 0.1) is 20.7 Å². The zero-order valence-corrected chi connectivity index (χ0v) is 18.1. The first-order valence-electron chi connectivity index (χ1n) is 9.12. The van der Waals surface area contributed by atoms with Crippen molar-refractivity contribution in [1.29, 1.82) is 0 Å². The summed E-state index contributed by atoms with van der Waals surface area (Å²) in [6.45, 7) is -0.0693. The third-order valence-electron chi connectivity index (χ3n) is 4.86. The molecule has 0 bridgehead atoms. The normalized spacial score (nSPS) is 17.9. The molecule has 1 amide bonds. The van der Waals surface area contributed by atoms with Crippen LogP contribution in [0.3, 0.4) is 0 Å². The summed E-state index contributed by atoms with van der Waals surface area (Å²) in [5, 5.41) is 2.65. The minimum Gasteiger partial charge on any atom is -0.301 e. The Morgan fingerprint density at radius 1 is 1.23 bits per heavy atom. The van der Waals surface area contributed by atoms with Crippen molar-refractivity contribution in [3.05, 3.63) is 53.1 Å². The smallest absolute Gasteiger partial charge is 0.301 e. The zero-order valence-electron chi connectivity index (χ0n) is 15.7. The molecule has 0 aliphatic carbocycles. The van der Waals surface area contributed by atoms with E-state index in [9.17, 15) is 26.4 Å². The van der Waals surface area contributed by atoms with Crippen LogP contribution in [0.1, 0.15) is 18.4 Å². The van der Waals surface area contributed by atoms with Gasteiger partial charge in [0.1, 0.15) is 6.04 Å². The Bertz CT molecular complexity index is 1230. The van der Waals surface area contributed by atoms with Gasteiger partial charge in [-0.25, -0.2) is 13.4 Å². The standard InChI is InChI=1S/C19H15ClF3N3O3S2/c20-11-7-8-16(12(10-11)19(21,22)23)31(28,29)26-9-3-5-14(26)17(27)25-18-24-13-4-1-2-6-15(13)30-18/h1-2,4,6-8,10,14H,3,5,9H2,(H,24,25,27). The van der Waals surface area contributed by atoms with Crippen molar-refractivity contribution in [2.75, 3.05) is 11.9 Å². The molecular formula is C19H15ClF3N3O3S2. The lowest BCUT2D eigenvalue weighted by Gasteiger charge is -2.24. The summed E-state index contributed by atoms with van der Waals surface area (Å²) in [4.78, 5) is 16.2. The summed E-state index contributed by atoms with van der Waals surface area (Å²) in [7, 11) is -4.60. The van der Waals surface area contributed by atoms with Crippen LogP contribution in [-0.2, 0) is 21.0 Å². The number of benzene rings is 2. The molecule has 4 rings (SSSR count). The van der Waals surface area contributed by atoms with Gasteiger partial charge in [-0.1, -0.05) is 35.1 Å². The fourth-order valence-electron chi connectivity index (χ4n) is 3.48. The second-order valence-corrected chi connectivity index (χ2v) is 10.2. The number of para-hydroxylation sites is 1. The molecule has 1 unspecified atom stereocenters. The highest BCUT2D eigenvalue weighted by Gasteiger charge is 2.44. The van der Waals surface area contributed by atoms with E-state index in [1.54, 1.807) is 12.1 Å². The van der Waals surface area contributed by atoms with Crippen LogP contribution in [0.4, 0.5) is 18.3 Å². The van der Waals surface area contributed by atoms with Crippen LogP contribution in [-0.4, -0.2) is 36.2 Å². The van der Waals surface area contributed by atoms with E-state index in [-0.39, 0.29) is 23.1 Å². The molecule has 1 aliphatic heterocycles. The average molecular weight is 490 g/mol. The van der Waals surface area contributed by atoms with Crippen molar-refractivity contribution < 1.29 is 26.4 Å². The maximum Gasteiger partial charge on any atom is 0.417 e. The van der Waals surface area contributed by atoms with Gasteiger partial charge in [-0.15, -0.1) is 0 Å². The van der Waals surface area contributed by atoms with E-state index in [4.69, 9.17) is 11.6 Å². The van der Waals surface area contributed by atoms with E-state index in [0.29, 0.717) is 18.0 Å². The molecule has 31 heavy (non-hydrogen) atoms. The lowest BCUT2D eigenvalue weighted by atomic mass is 10.2. The van der Waals surface area contributed by atoms with E-state index >= 15 is 0 Å². The molecule has 1 aliphatic rings. The number of fused-ring (bicyclic) bond motifs is 1. The molecular weight excluding hydrogens is 475 g/mol. The monoisotopic (exact) mass is 489 g/mol. The minimum atomic E-state index is -4.92. The van der Waals surface area contributed by atoms with Gasteiger partial charge in [-0.05, 0) is 43.2 Å². The van der Waals surface area contributed by atoms with Gasteiger partial charge in [0.25, 0.3) is 0 Å². The first-order valence-corrected chi connectivity index (χ1v) is 11.8. The van der Waals surface area contributed by atoms with Crippen LogP contribution in [0.2, 0.25) is 5.02 Å². The number of nitrogens with one attached hydrogen (secondary N) is 1. The zero-order chi connectivity index (χ0) is 22.4. The van der Waals surface area contributed by atoms with Crippen molar-refractivity contribution in [2.45, 2.75) is 30.0 Å². The van der Waals surface area contributed by atoms with Gasteiger partial charge in [0, 0.05) is 11.6 Å². The molecule has 164 valence electrons. The van der Waals surface area contributed by atoms with Gasteiger partial charge in [0.2, 0.25) is 15.9 Å². The Hall–Kier alpha value is -2.21. The van der Waals surface area contributed by atoms with E-state index in [1.807, 2.05) is 12.1 Å². The van der Waals surface area contributed by atoms with E-state index < -0.39 is 38.6 Å². The third kappa shape index (κ3) is 4.27. The number of rotatable bonds is 4. The first-order chi connectivity index (χ1) is 14.6. The molecule has 1 atom stereocenters. The molecule has 6 nitrogen and oxygen atoms in total. The molecule has 2 heterocycles. The molecule has 2 aromatic carbocycles. The second-order valence-electron chi connectivity index (χ2n) is 6.89. The Labute approximate surface area is 184 Å². The average Bonchev–Trinajstić information content (AvgIpc) is 3.34. The molecule has 1 N–H and O–H groups in total. The van der Waals surface area contributed by atoms with Crippen molar-refractivity contribution in [2.24, 2.45) is 0 Å². The lowest BCUT2D eigenvalue weighted by molar-refractivity contribution is -0.139. The number of anilines is 1. The maximum atomic E-state index is 13.5. The number of hydrogen-bond donors (Lipinski definition) is 1. The summed E-state index contributed by atoms with van der Waals surface area (Å²) < 4.78 is 68.3. The van der Waals surface area contributed by atoms with E-state index in [1.165, 1.54) is 11.3 Å². The lowest BCUT2D eigenvalue weighted by Crippen LogP contribution is -2.43. The number of sulfonamides is 1. The first kappa shape index (κ1) is 22.0. The van der Waals surface area contributed by atoms with Crippen LogP contribution >= 0.6 is 22.9 Å². The molecule has 1 fully saturated rings. The van der Waals surface area contributed by atoms with Gasteiger partial charge >= 0.3 is 6.18 Å². The van der Waals surface area contributed by atoms with Crippen molar-refractivity contribution in [1.82, 2.24) is 9.29 Å². The number of hydrogen-bond acceptors (Lipinski definition) is 5. The second kappa shape index (κ2) is 8.05. The van der Waals surface area contributed by atoms with Crippen LogP contribution < -0.4 is 5.32 Å². The quantitative estimate of drug-likeness (QED) is 0.573. The topological polar surface area (TPSA) is 79.4 Å². The predicted octanol–water partition coefficient (Wildman–Crippen LogP) is 4.76. The highest BCUT2D eigenvalue weighted by Crippen LogP contribution is 2.38. The molecule has 1 aromatic heterocycles. The Morgan fingerprint density at radius 2 is 1.97 bits per heavy atom. The van der Waals surface area contributed by atoms with Crippen LogP contribution in [0.25, 0.3) is 10.2 Å². The molecule has 12 heteroatoms. The van der Waals surface area contributed by atoms with Crippen LogP contribution in [0.5, 0.6) is 0 Å². The van der Waals surface area contributed by atoms with Crippen molar-refractivity contribution in [3.63, 3.8) is 0 Å². The highest BCUT2D eigenvalue weighted by molar-refractivity contribution is 7.89. The molecule has 0 radical (unpaired) electrons. The predicted molar refractivity (Wildman–Crippen MR) is 112 cm³/mol. The number of halogens is 4.